The number of ether oxygens (including phenoxy) is 1. The standard InChI is InChI=1S/C38H36FN3O5S/c1-28-17-23-34(24-18-28)48(45,46)42(31-19-21-33(22-20-31)47-32-14-7-4-8-15-32)27-37(43)41(26-30-13-9-10-16-35(30)39)36(38(44)40-2)25-29-11-5-3-6-12-29/h3-24,36H,25-27H2,1-2H3,(H,40,44). The molecule has 1 unspecified atom stereocenters. The van der Waals surface area contributed by atoms with Crippen LogP contribution < -0.4 is 14.4 Å². The molecule has 0 aliphatic heterocycles. The van der Waals surface area contributed by atoms with E-state index in [1.165, 1.54) is 42.3 Å². The quantitative estimate of drug-likeness (QED) is 0.155. The summed E-state index contributed by atoms with van der Waals surface area (Å²) in [7, 11) is -2.83. The summed E-state index contributed by atoms with van der Waals surface area (Å²) < 4.78 is 50.3. The van der Waals surface area contributed by atoms with E-state index < -0.39 is 40.2 Å². The fourth-order valence-corrected chi connectivity index (χ4v) is 6.62. The van der Waals surface area contributed by atoms with Gasteiger partial charge in [-0.15, -0.1) is 0 Å². The molecule has 5 rings (SSSR count). The largest absolute Gasteiger partial charge is 0.457 e. The number of amides is 2. The molecule has 5 aromatic rings. The summed E-state index contributed by atoms with van der Waals surface area (Å²) in [6.45, 7) is 0.917. The van der Waals surface area contributed by atoms with Gasteiger partial charge in [0, 0.05) is 25.6 Å². The third-order valence-corrected chi connectivity index (χ3v) is 9.60. The van der Waals surface area contributed by atoms with Crippen LogP contribution in [0, 0.1) is 12.7 Å². The summed E-state index contributed by atoms with van der Waals surface area (Å²) in [5.41, 5.74) is 2.03. The Kier molecular flexibility index (Phi) is 10.9. The number of aryl methyl sites for hydroxylation is 1. The highest BCUT2D eigenvalue weighted by molar-refractivity contribution is 7.92. The van der Waals surface area contributed by atoms with E-state index in [1.54, 1.807) is 54.6 Å². The van der Waals surface area contributed by atoms with Crippen molar-refractivity contribution in [1.29, 1.82) is 0 Å². The van der Waals surface area contributed by atoms with Crippen LogP contribution in [0.3, 0.4) is 0 Å². The summed E-state index contributed by atoms with van der Waals surface area (Å²) in [6.07, 6.45) is 0.122. The fourth-order valence-electron chi connectivity index (χ4n) is 5.20. The highest BCUT2D eigenvalue weighted by atomic mass is 32.2. The molecule has 0 bridgehead atoms. The van der Waals surface area contributed by atoms with Crippen LogP contribution in [0.4, 0.5) is 10.1 Å². The number of para-hydroxylation sites is 1. The van der Waals surface area contributed by atoms with Crippen LogP contribution in [0.1, 0.15) is 16.7 Å². The molecule has 0 saturated heterocycles. The number of hydrogen-bond donors (Lipinski definition) is 1. The van der Waals surface area contributed by atoms with Crippen molar-refractivity contribution in [3.05, 3.63) is 156 Å². The molecule has 5 aromatic carbocycles. The van der Waals surface area contributed by atoms with Crippen LogP contribution in [-0.2, 0) is 32.6 Å². The first-order chi connectivity index (χ1) is 23.2. The summed E-state index contributed by atoms with van der Waals surface area (Å²) in [5.74, 6) is -0.648. The summed E-state index contributed by atoms with van der Waals surface area (Å²) in [5, 5.41) is 2.62. The lowest BCUT2D eigenvalue weighted by Gasteiger charge is -2.33. The Morgan fingerprint density at radius 2 is 1.35 bits per heavy atom. The van der Waals surface area contributed by atoms with Crippen LogP contribution in [0.2, 0.25) is 0 Å². The summed E-state index contributed by atoms with van der Waals surface area (Å²) >= 11 is 0. The van der Waals surface area contributed by atoms with Crippen LogP contribution in [0.15, 0.2) is 138 Å². The van der Waals surface area contributed by atoms with Crippen molar-refractivity contribution in [2.24, 2.45) is 0 Å². The molecule has 0 aliphatic rings. The molecule has 1 atom stereocenters. The van der Waals surface area contributed by atoms with Gasteiger partial charge in [-0.3, -0.25) is 13.9 Å². The first-order valence-corrected chi connectivity index (χ1v) is 16.8. The van der Waals surface area contributed by atoms with Gasteiger partial charge < -0.3 is 15.0 Å². The lowest BCUT2D eigenvalue weighted by molar-refractivity contribution is -0.139. The van der Waals surface area contributed by atoms with E-state index in [2.05, 4.69) is 5.32 Å². The highest BCUT2D eigenvalue weighted by Crippen LogP contribution is 2.29. The van der Waals surface area contributed by atoms with Crippen molar-refractivity contribution in [3.63, 3.8) is 0 Å². The molecule has 0 heterocycles. The number of nitrogens with zero attached hydrogens (tertiary/aromatic N) is 2. The zero-order valence-electron chi connectivity index (χ0n) is 26.6. The normalized spacial score (nSPS) is 11.7. The van der Waals surface area contributed by atoms with Gasteiger partial charge in [-0.05, 0) is 67.1 Å². The number of carbonyl (C=O) groups excluding carboxylic acids is 2. The predicted molar refractivity (Wildman–Crippen MR) is 184 cm³/mol. The molecular weight excluding hydrogens is 629 g/mol. The SMILES string of the molecule is CNC(=O)C(Cc1ccccc1)N(Cc1ccccc1F)C(=O)CN(c1ccc(Oc2ccccc2)cc1)S(=O)(=O)c1ccc(C)cc1. The Morgan fingerprint density at radius 3 is 1.98 bits per heavy atom. The molecule has 10 heteroatoms. The third-order valence-electron chi connectivity index (χ3n) is 7.81. The first kappa shape index (κ1) is 33.9. The first-order valence-electron chi connectivity index (χ1n) is 15.4. The molecular formula is C38H36FN3O5S. The Labute approximate surface area is 280 Å². The number of halogens is 1. The lowest BCUT2D eigenvalue weighted by Crippen LogP contribution is -2.53. The number of nitrogens with one attached hydrogen (secondary N) is 1. The molecule has 246 valence electrons. The average Bonchev–Trinajstić information content (AvgIpc) is 3.10. The molecule has 1 N–H and O–H groups in total. The smallest absolute Gasteiger partial charge is 0.264 e. The van der Waals surface area contributed by atoms with Gasteiger partial charge in [0.1, 0.15) is 29.9 Å². The van der Waals surface area contributed by atoms with Gasteiger partial charge >= 0.3 is 0 Å². The molecule has 48 heavy (non-hydrogen) atoms. The van der Waals surface area contributed by atoms with Gasteiger partial charge in [-0.25, -0.2) is 12.8 Å². The van der Waals surface area contributed by atoms with Crippen LogP contribution in [0.5, 0.6) is 11.5 Å². The lowest BCUT2D eigenvalue weighted by atomic mass is 10.0. The van der Waals surface area contributed by atoms with E-state index in [0.717, 1.165) is 15.4 Å². The third kappa shape index (κ3) is 8.26. The summed E-state index contributed by atoms with van der Waals surface area (Å²) in [6, 6.07) is 35.8. The van der Waals surface area contributed by atoms with Crippen LogP contribution >= 0.6 is 0 Å². The monoisotopic (exact) mass is 665 g/mol. The topological polar surface area (TPSA) is 96.0 Å². The second-order valence-corrected chi connectivity index (χ2v) is 13.0. The maximum Gasteiger partial charge on any atom is 0.264 e. The van der Waals surface area contributed by atoms with E-state index in [4.69, 9.17) is 4.74 Å². The van der Waals surface area contributed by atoms with Gasteiger partial charge in [0.25, 0.3) is 10.0 Å². The van der Waals surface area contributed by atoms with Crippen molar-refractivity contribution in [3.8, 4) is 11.5 Å². The second-order valence-electron chi connectivity index (χ2n) is 11.2. The maximum absolute atomic E-state index is 15.0. The van der Waals surface area contributed by atoms with E-state index in [9.17, 15) is 22.4 Å². The fraction of sp³-hybridized carbons (Fsp3) is 0.158. The molecule has 0 aromatic heterocycles. The Balaban J connectivity index is 1.55. The number of anilines is 1. The maximum atomic E-state index is 15.0. The van der Waals surface area contributed by atoms with Gasteiger partial charge in [-0.1, -0.05) is 84.4 Å². The predicted octanol–water partition coefficient (Wildman–Crippen LogP) is 6.51. The second kappa shape index (κ2) is 15.4. The van der Waals surface area contributed by atoms with Gasteiger partial charge in [0.15, 0.2) is 0 Å². The molecule has 0 spiro atoms. The van der Waals surface area contributed by atoms with Gasteiger partial charge in [0.05, 0.1) is 10.6 Å². The molecule has 0 aliphatic carbocycles. The molecule has 0 fully saturated rings. The van der Waals surface area contributed by atoms with Crippen molar-refractivity contribution in [2.75, 3.05) is 17.9 Å². The van der Waals surface area contributed by atoms with E-state index in [0.29, 0.717) is 11.5 Å². The van der Waals surface area contributed by atoms with Crippen molar-refractivity contribution in [1.82, 2.24) is 10.2 Å². The number of benzene rings is 5. The number of carbonyl (C=O) groups is 2. The zero-order chi connectivity index (χ0) is 34.1. The van der Waals surface area contributed by atoms with Crippen molar-refractivity contribution in [2.45, 2.75) is 30.8 Å². The number of hydrogen-bond acceptors (Lipinski definition) is 5. The van der Waals surface area contributed by atoms with E-state index >= 15 is 0 Å². The number of rotatable bonds is 13. The van der Waals surface area contributed by atoms with Gasteiger partial charge in [0.2, 0.25) is 11.8 Å². The molecule has 2 amide bonds. The minimum atomic E-state index is -4.29. The van der Waals surface area contributed by atoms with E-state index in [1.807, 2.05) is 55.5 Å². The van der Waals surface area contributed by atoms with Crippen LogP contribution in [0.25, 0.3) is 0 Å². The van der Waals surface area contributed by atoms with Crippen molar-refractivity contribution < 1.29 is 27.1 Å². The van der Waals surface area contributed by atoms with Crippen molar-refractivity contribution >= 4 is 27.5 Å². The zero-order valence-corrected chi connectivity index (χ0v) is 27.4. The Hall–Kier alpha value is -5.48. The van der Waals surface area contributed by atoms with E-state index in [-0.39, 0.29) is 29.1 Å². The Morgan fingerprint density at radius 1 is 0.771 bits per heavy atom. The average molecular weight is 666 g/mol. The molecule has 8 nitrogen and oxygen atoms in total. The van der Waals surface area contributed by atoms with Gasteiger partial charge in [-0.2, -0.15) is 0 Å². The highest BCUT2D eigenvalue weighted by Gasteiger charge is 2.34. The molecule has 0 radical (unpaired) electrons. The minimum Gasteiger partial charge on any atom is -0.457 e. The van der Waals surface area contributed by atoms with Crippen LogP contribution in [-0.4, -0.2) is 44.8 Å². The molecule has 0 saturated carbocycles. The number of likely N-dealkylation sites (N-methyl/N-ethyl adjacent to an activating group) is 1. The Bertz CT molecular complexity index is 1940. The summed E-state index contributed by atoms with van der Waals surface area (Å²) in [4.78, 5) is 29.0. The minimum absolute atomic E-state index is 0.0155. The number of sulfonamides is 1.